The number of carbonyl (C=O) groups is 2. The van der Waals surface area contributed by atoms with Crippen molar-refractivity contribution in [3.63, 3.8) is 0 Å². The van der Waals surface area contributed by atoms with E-state index in [-0.39, 0.29) is 17.0 Å². The summed E-state index contributed by atoms with van der Waals surface area (Å²) in [6.07, 6.45) is -2.28. The topological polar surface area (TPSA) is 159 Å². The SMILES string of the molecule is NC(=O)C(F)(F)C(F)(F)C(F)(F)S(=O)(=O)NS(=O)(=O)OC1C2CC3C(=O)OC1C3C2. The molecule has 2 bridgehead atoms. The molecule has 0 aromatic heterocycles. The van der Waals surface area contributed by atoms with Crippen LogP contribution in [0.5, 0.6) is 0 Å². The van der Waals surface area contributed by atoms with E-state index in [2.05, 4.69) is 9.92 Å². The minimum atomic E-state index is -7.11. The molecule has 3 fully saturated rings. The molecule has 30 heavy (non-hydrogen) atoms. The van der Waals surface area contributed by atoms with Crippen LogP contribution in [0, 0.1) is 17.8 Å². The van der Waals surface area contributed by atoms with Crippen LogP contribution in [0.4, 0.5) is 26.3 Å². The van der Waals surface area contributed by atoms with Crippen molar-refractivity contribution in [1.82, 2.24) is 4.13 Å². The van der Waals surface area contributed by atoms with Crippen molar-refractivity contribution in [2.45, 2.75) is 42.1 Å². The molecule has 2 saturated carbocycles. The summed E-state index contributed by atoms with van der Waals surface area (Å²) in [6, 6.07) is 0. The lowest BCUT2D eigenvalue weighted by molar-refractivity contribution is -0.267. The Morgan fingerprint density at radius 1 is 1.10 bits per heavy atom. The number of carbonyl (C=O) groups excluding carboxylic acids is 2. The lowest BCUT2D eigenvalue weighted by atomic mass is 9.88. The van der Waals surface area contributed by atoms with Crippen LogP contribution < -0.4 is 9.86 Å². The molecule has 5 unspecified atom stereocenters. The van der Waals surface area contributed by atoms with Gasteiger partial charge in [0.25, 0.3) is 15.9 Å². The quantitative estimate of drug-likeness (QED) is 0.339. The number of rotatable bonds is 8. The first-order valence-electron chi connectivity index (χ1n) is 7.96. The van der Waals surface area contributed by atoms with Gasteiger partial charge in [0.1, 0.15) is 12.2 Å². The molecule has 5 atom stereocenters. The van der Waals surface area contributed by atoms with Gasteiger partial charge in [-0.2, -0.15) is 34.8 Å². The molecule has 18 heteroatoms. The Hall–Kier alpha value is -1.66. The lowest BCUT2D eigenvalue weighted by Gasteiger charge is -2.30. The van der Waals surface area contributed by atoms with Crippen molar-refractivity contribution >= 4 is 32.2 Å². The number of fused-ring (bicyclic) bond motifs is 1. The summed E-state index contributed by atoms with van der Waals surface area (Å²) in [5, 5.41) is -6.81. The molecule has 1 heterocycles. The first-order chi connectivity index (χ1) is 13.4. The van der Waals surface area contributed by atoms with Gasteiger partial charge in [-0.05, 0) is 18.8 Å². The highest BCUT2D eigenvalue weighted by Crippen LogP contribution is 2.55. The average Bonchev–Trinajstić information content (AvgIpc) is 3.18. The van der Waals surface area contributed by atoms with E-state index in [9.17, 15) is 52.8 Å². The zero-order chi connectivity index (χ0) is 23.1. The Labute approximate surface area is 164 Å². The van der Waals surface area contributed by atoms with Gasteiger partial charge < -0.3 is 10.5 Å². The molecule has 0 spiro atoms. The van der Waals surface area contributed by atoms with Crippen LogP contribution >= 0.6 is 0 Å². The Morgan fingerprint density at radius 2 is 1.67 bits per heavy atom. The van der Waals surface area contributed by atoms with Crippen molar-refractivity contribution < 1.29 is 61.7 Å². The second kappa shape index (κ2) is 6.42. The van der Waals surface area contributed by atoms with Gasteiger partial charge in [-0.1, -0.05) is 4.13 Å². The van der Waals surface area contributed by atoms with E-state index in [0.717, 1.165) is 0 Å². The predicted octanol–water partition coefficient (Wildman–Crippen LogP) is -0.534. The van der Waals surface area contributed by atoms with Gasteiger partial charge in [-0.3, -0.25) is 9.59 Å². The highest BCUT2D eigenvalue weighted by atomic mass is 32.3. The van der Waals surface area contributed by atoms with Crippen molar-refractivity contribution in [1.29, 1.82) is 0 Å². The van der Waals surface area contributed by atoms with Crippen molar-refractivity contribution in [2.24, 2.45) is 23.5 Å². The second-order valence-electron chi connectivity index (χ2n) is 7.03. The zero-order valence-corrected chi connectivity index (χ0v) is 15.9. The number of esters is 1. The van der Waals surface area contributed by atoms with E-state index in [0.29, 0.717) is 0 Å². The maximum absolute atomic E-state index is 13.8. The molecule has 172 valence electrons. The first kappa shape index (κ1) is 23.0. The molecular formula is C12H12F6N2O8S2. The number of hydrogen-bond donors (Lipinski definition) is 2. The highest BCUT2D eigenvalue weighted by Gasteiger charge is 2.80. The van der Waals surface area contributed by atoms with Crippen LogP contribution in [-0.4, -0.2) is 58.0 Å². The van der Waals surface area contributed by atoms with Crippen LogP contribution in [0.15, 0.2) is 0 Å². The van der Waals surface area contributed by atoms with Crippen LogP contribution in [0.3, 0.4) is 0 Å². The number of halogens is 6. The molecule has 0 aromatic rings. The molecule has 1 aliphatic heterocycles. The zero-order valence-electron chi connectivity index (χ0n) is 14.2. The maximum atomic E-state index is 13.8. The average molecular weight is 490 g/mol. The standard InChI is InChI=1S/C12H12F6N2O8S2/c13-10(14,9(19)22)11(15,16)12(17,18)29(23,24)20-30(25,26)28-6-3-1-4-5(2-3)8(21)27-7(4)6/h3-7,20H,1-2H2,(H2,19,22). The van der Waals surface area contributed by atoms with Crippen molar-refractivity contribution in [3.8, 4) is 0 Å². The van der Waals surface area contributed by atoms with Crippen molar-refractivity contribution in [3.05, 3.63) is 0 Å². The van der Waals surface area contributed by atoms with Gasteiger partial charge in [0, 0.05) is 5.92 Å². The molecule has 1 saturated heterocycles. The largest absolute Gasteiger partial charge is 0.459 e. The summed E-state index contributed by atoms with van der Waals surface area (Å²) >= 11 is 0. The van der Waals surface area contributed by atoms with Gasteiger partial charge in [0.2, 0.25) is 0 Å². The van der Waals surface area contributed by atoms with Crippen LogP contribution in [0.25, 0.3) is 0 Å². The molecule has 3 rings (SSSR count). The van der Waals surface area contributed by atoms with Gasteiger partial charge in [-0.25, -0.2) is 12.6 Å². The third kappa shape index (κ3) is 3.06. The minimum Gasteiger partial charge on any atom is -0.459 e. The van der Waals surface area contributed by atoms with E-state index in [1.54, 1.807) is 0 Å². The molecule has 3 aliphatic rings. The van der Waals surface area contributed by atoms with Crippen LogP contribution in [0.2, 0.25) is 0 Å². The summed E-state index contributed by atoms with van der Waals surface area (Å²) in [6.45, 7) is 0. The van der Waals surface area contributed by atoms with Gasteiger partial charge in [0.05, 0.1) is 5.92 Å². The Kier molecular flexibility index (Phi) is 4.93. The van der Waals surface area contributed by atoms with Crippen LogP contribution in [0.1, 0.15) is 12.8 Å². The number of sulfonamides is 1. The minimum absolute atomic E-state index is 0.103. The van der Waals surface area contributed by atoms with E-state index in [1.165, 1.54) is 0 Å². The number of ether oxygens (including phenoxy) is 1. The third-order valence-corrected chi connectivity index (χ3v) is 8.37. The first-order valence-corrected chi connectivity index (χ1v) is 10.8. The number of alkyl halides is 6. The fraction of sp³-hybridized carbons (Fsp3) is 0.833. The molecule has 10 nitrogen and oxygen atoms in total. The monoisotopic (exact) mass is 490 g/mol. The molecule has 3 N–H and O–H groups in total. The van der Waals surface area contributed by atoms with E-state index < -0.39 is 79.3 Å². The van der Waals surface area contributed by atoms with E-state index in [4.69, 9.17) is 4.74 Å². The number of nitrogens with two attached hydrogens (primary N) is 1. The number of nitrogens with one attached hydrogen (secondary N) is 1. The van der Waals surface area contributed by atoms with E-state index in [1.807, 2.05) is 0 Å². The van der Waals surface area contributed by atoms with Gasteiger partial charge >= 0.3 is 33.4 Å². The molecule has 0 aromatic carbocycles. The Morgan fingerprint density at radius 3 is 2.20 bits per heavy atom. The van der Waals surface area contributed by atoms with Gasteiger partial charge in [0.15, 0.2) is 0 Å². The van der Waals surface area contributed by atoms with Gasteiger partial charge in [-0.15, -0.1) is 0 Å². The summed E-state index contributed by atoms with van der Waals surface area (Å²) in [4.78, 5) is 22.0. The maximum Gasteiger partial charge on any atom is 0.428 e. The number of hydrogen-bond acceptors (Lipinski definition) is 8. The predicted molar refractivity (Wildman–Crippen MR) is 79.5 cm³/mol. The summed E-state index contributed by atoms with van der Waals surface area (Å²) in [7, 11) is -12.9. The fourth-order valence-electron chi connectivity index (χ4n) is 3.89. The molecule has 0 radical (unpaired) electrons. The second-order valence-corrected chi connectivity index (χ2v) is 10.3. The van der Waals surface area contributed by atoms with Crippen LogP contribution in [-0.2, 0) is 38.8 Å². The van der Waals surface area contributed by atoms with E-state index >= 15 is 0 Å². The number of primary amides is 1. The van der Waals surface area contributed by atoms with Crippen molar-refractivity contribution in [2.75, 3.05) is 0 Å². The molecule has 1 amide bonds. The third-order valence-electron chi connectivity index (χ3n) is 5.27. The molecular weight excluding hydrogens is 478 g/mol. The highest BCUT2D eigenvalue weighted by molar-refractivity contribution is 8.03. The normalized spacial score (nSPS) is 31.8. The summed E-state index contributed by atoms with van der Waals surface area (Å²) < 4.78 is 137. The summed E-state index contributed by atoms with van der Waals surface area (Å²) in [5.41, 5.74) is 3.91. The Balaban J connectivity index is 1.82. The number of amides is 1. The summed E-state index contributed by atoms with van der Waals surface area (Å²) in [5.74, 6) is -18.8. The lowest BCUT2D eigenvalue weighted by Crippen LogP contribution is -2.64. The fourth-order valence-corrected chi connectivity index (χ4v) is 6.57. The molecule has 2 aliphatic carbocycles. The smallest absolute Gasteiger partial charge is 0.428 e. The Bertz CT molecular complexity index is 1000.